The molecule has 0 atom stereocenters. The summed E-state index contributed by atoms with van der Waals surface area (Å²) in [6, 6.07) is 0. The van der Waals surface area contributed by atoms with Gasteiger partial charge in [-0.05, 0) is 12.8 Å². The maximum Gasteiger partial charge on any atom is 0.241 e. The fourth-order valence-electron chi connectivity index (χ4n) is 1.93. The summed E-state index contributed by atoms with van der Waals surface area (Å²) in [7, 11) is 0. The van der Waals surface area contributed by atoms with E-state index in [0.29, 0.717) is 11.8 Å². The van der Waals surface area contributed by atoms with Crippen molar-refractivity contribution in [3.05, 3.63) is 11.7 Å². The van der Waals surface area contributed by atoms with E-state index in [2.05, 4.69) is 17.1 Å². The molecule has 1 aliphatic rings. The van der Waals surface area contributed by atoms with Gasteiger partial charge in [0.15, 0.2) is 5.82 Å². The minimum atomic E-state index is 0.133. The average Bonchev–Trinajstić information content (AvgIpc) is 2.72. The highest BCUT2D eigenvalue weighted by Gasteiger charge is 2.34. The maximum atomic E-state index is 5.60. The van der Waals surface area contributed by atoms with E-state index in [9.17, 15) is 0 Å². The van der Waals surface area contributed by atoms with Gasteiger partial charge in [-0.25, -0.2) is 0 Å². The first kappa shape index (κ1) is 9.00. The molecule has 1 fully saturated rings. The summed E-state index contributed by atoms with van der Waals surface area (Å²) in [5.41, 5.74) is 0.133. The molecule has 0 spiro atoms. The van der Waals surface area contributed by atoms with E-state index in [1.165, 1.54) is 12.8 Å². The lowest BCUT2D eigenvalue weighted by Gasteiger charge is -2.17. The van der Waals surface area contributed by atoms with Crippen LogP contribution >= 0.6 is 11.6 Å². The first-order valence-corrected chi connectivity index (χ1v) is 5.17. The third-order valence-corrected chi connectivity index (χ3v) is 3.06. The van der Waals surface area contributed by atoms with Gasteiger partial charge in [-0.2, -0.15) is 4.98 Å². The van der Waals surface area contributed by atoms with Crippen molar-refractivity contribution in [1.29, 1.82) is 0 Å². The van der Waals surface area contributed by atoms with Gasteiger partial charge in [0.1, 0.15) is 5.88 Å². The molecule has 1 saturated carbocycles. The van der Waals surface area contributed by atoms with Crippen molar-refractivity contribution < 1.29 is 4.52 Å². The molecule has 0 aliphatic heterocycles. The molecule has 72 valence electrons. The van der Waals surface area contributed by atoms with Crippen molar-refractivity contribution >= 4 is 11.6 Å². The van der Waals surface area contributed by atoms with Crippen LogP contribution in [0.2, 0.25) is 0 Å². The Bertz CT molecular complexity index is 292. The molecule has 1 aliphatic carbocycles. The molecule has 4 heteroatoms. The number of hydrogen-bond acceptors (Lipinski definition) is 3. The third-order valence-electron chi connectivity index (χ3n) is 2.83. The Morgan fingerprint density at radius 3 is 2.69 bits per heavy atom. The monoisotopic (exact) mass is 200 g/mol. The lowest BCUT2D eigenvalue weighted by Crippen LogP contribution is -2.18. The van der Waals surface area contributed by atoms with Crippen LogP contribution in [0.3, 0.4) is 0 Å². The SMILES string of the molecule is CC1(c2noc(CCl)n2)CCCC1. The Morgan fingerprint density at radius 1 is 1.46 bits per heavy atom. The molecule has 0 unspecified atom stereocenters. The van der Waals surface area contributed by atoms with Crippen LogP contribution in [0.4, 0.5) is 0 Å². The maximum absolute atomic E-state index is 5.60. The summed E-state index contributed by atoms with van der Waals surface area (Å²) in [6.45, 7) is 2.20. The van der Waals surface area contributed by atoms with Crippen LogP contribution in [0, 0.1) is 0 Å². The van der Waals surface area contributed by atoms with E-state index >= 15 is 0 Å². The Balaban J connectivity index is 2.23. The van der Waals surface area contributed by atoms with E-state index < -0.39 is 0 Å². The summed E-state index contributed by atoms with van der Waals surface area (Å²) in [6.07, 6.45) is 4.85. The molecule has 3 nitrogen and oxygen atoms in total. The fraction of sp³-hybridized carbons (Fsp3) is 0.778. The Labute approximate surface area is 82.5 Å². The number of halogens is 1. The molecule has 1 heterocycles. The molecule has 0 amide bonds. The number of rotatable bonds is 2. The van der Waals surface area contributed by atoms with Gasteiger partial charge in [-0.1, -0.05) is 24.9 Å². The van der Waals surface area contributed by atoms with Crippen molar-refractivity contribution in [3.63, 3.8) is 0 Å². The predicted octanol–water partition coefficient (Wildman–Crippen LogP) is 2.64. The second-order valence-corrected chi connectivity index (χ2v) is 4.18. The van der Waals surface area contributed by atoms with Gasteiger partial charge >= 0.3 is 0 Å². The van der Waals surface area contributed by atoms with E-state index in [4.69, 9.17) is 16.1 Å². The van der Waals surface area contributed by atoms with Gasteiger partial charge < -0.3 is 4.52 Å². The van der Waals surface area contributed by atoms with Gasteiger partial charge in [-0.15, -0.1) is 11.6 Å². The second kappa shape index (κ2) is 3.29. The molecule has 0 saturated heterocycles. The number of aromatic nitrogens is 2. The first-order valence-electron chi connectivity index (χ1n) is 4.64. The standard InChI is InChI=1S/C9H13ClN2O/c1-9(4-2-3-5-9)8-11-7(6-10)13-12-8/h2-6H2,1H3. The summed E-state index contributed by atoms with van der Waals surface area (Å²) in [5, 5.41) is 3.97. The minimum Gasteiger partial charge on any atom is -0.338 e. The normalized spacial score (nSPS) is 20.8. The summed E-state index contributed by atoms with van der Waals surface area (Å²) >= 11 is 5.60. The largest absolute Gasteiger partial charge is 0.338 e. The molecule has 13 heavy (non-hydrogen) atoms. The van der Waals surface area contributed by atoms with E-state index in [1.807, 2.05) is 0 Å². The van der Waals surface area contributed by atoms with Crippen LogP contribution in [0.1, 0.15) is 44.3 Å². The molecular weight excluding hydrogens is 188 g/mol. The molecular formula is C9H13ClN2O. The van der Waals surface area contributed by atoms with Crippen LogP contribution in [0.5, 0.6) is 0 Å². The summed E-state index contributed by atoms with van der Waals surface area (Å²) in [5.74, 6) is 1.67. The summed E-state index contributed by atoms with van der Waals surface area (Å²) in [4.78, 5) is 4.27. The number of alkyl halides is 1. The van der Waals surface area contributed by atoms with Crippen molar-refractivity contribution in [3.8, 4) is 0 Å². The summed E-state index contributed by atoms with van der Waals surface area (Å²) < 4.78 is 5.00. The third kappa shape index (κ3) is 1.57. The predicted molar refractivity (Wildman–Crippen MR) is 49.7 cm³/mol. The second-order valence-electron chi connectivity index (χ2n) is 3.91. The van der Waals surface area contributed by atoms with E-state index in [-0.39, 0.29) is 5.41 Å². The van der Waals surface area contributed by atoms with Gasteiger partial charge in [0.05, 0.1) is 0 Å². The van der Waals surface area contributed by atoms with Crippen molar-refractivity contribution in [2.45, 2.75) is 43.9 Å². The smallest absolute Gasteiger partial charge is 0.241 e. The quantitative estimate of drug-likeness (QED) is 0.689. The van der Waals surface area contributed by atoms with Crippen LogP contribution in [-0.4, -0.2) is 10.1 Å². The lowest BCUT2D eigenvalue weighted by molar-refractivity contribution is 0.361. The molecule has 0 N–H and O–H groups in total. The number of nitrogens with zero attached hydrogens (tertiary/aromatic N) is 2. The molecule has 1 aromatic rings. The van der Waals surface area contributed by atoms with Gasteiger partial charge in [0.2, 0.25) is 5.89 Å². The highest BCUT2D eigenvalue weighted by Crippen LogP contribution is 2.38. The Kier molecular flexibility index (Phi) is 2.28. The first-order chi connectivity index (χ1) is 6.24. The van der Waals surface area contributed by atoms with Crippen molar-refractivity contribution in [2.75, 3.05) is 0 Å². The van der Waals surface area contributed by atoms with Gasteiger partial charge in [-0.3, -0.25) is 0 Å². The van der Waals surface area contributed by atoms with Crippen LogP contribution in [0.25, 0.3) is 0 Å². The fourth-order valence-corrected chi connectivity index (χ4v) is 2.04. The Morgan fingerprint density at radius 2 is 2.15 bits per heavy atom. The average molecular weight is 201 g/mol. The minimum absolute atomic E-state index is 0.133. The zero-order valence-corrected chi connectivity index (χ0v) is 8.47. The van der Waals surface area contributed by atoms with Gasteiger partial charge in [0.25, 0.3) is 0 Å². The van der Waals surface area contributed by atoms with Gasteiger partial charge in [0, 0.05) is 5.41 Å². The zero-order chi connectivity index (χ0) is 9.31. The lowest BCUT2D eigenvalue weighted by atomic mass is 9.88. The van der Waals surface area contributed by atoms with Crippen molar-refractivity contribution in [1.82, 2.24) is 10.1 Å². The zero-order valence-electron chi connectivity index (χ0n) is 7.72. The molecule has 0 aromatic carbocycles. The topological polar surface area (TPSA) is 38.9 Å². The molecule has 0 radical (unpaired) electrons. The number of hydrogen-bond donors (Lipinski definition) is 0. The molecule has 1 aromatic heterocycles. The van der Waals surface area contributed by atoms with E-state index in [0.717, 1.165) is 18.7 Å². The van der Waals surface area contributed by atoms with Crippen LogP contribution in [0.15, 0.2) is 4.52 Å². The highest BCUT2D eigenvalue weighted by atomic mass is 35.5. The van der Waals surface area contributed by atoms with Crippen LogP contribution in [-0.2, 0) is 11.3 Å². The molecule has 0 bridgehead atoms. The molecule has 2 rings (SSSR count). The Hall–Kier alpha value is -0.570. The van der Waals surface area contributed by atoms with Crippen molar-refractivity contribution in [2.24, 2.45) is 0 Å². The van der Waals surface area contributed by atoms with E-state index in [1.54, 1.807) is 0 Å². The highest BCUT2D eigenvalue weighted by molar-refractivity contribution is 6.16. The van der Waals surface area contributed by atoms with Crippen LogP contribution < -0.4 is 0 Å².